The third kappa shape index (κ3) is 3.85. The molecule has 0 aliphatic carbocycles. The molecular weight excluding hydrogens is 528 g/mol. The molecule has 0 aliphatic rings. The van der Waals surface area contributed by atoms with Gasteiger partial charge in [0.2, 0.25) is 0 Å². The molecule has 0 amide bonds. The quantitative estimate of drug-likeness (QED) is 0.148. The highest BCUT2D eigenvalue weighted by molar-refractivity contribution is 6.26. The fraction of sp³-hybridized carbons (Fsp3) is 0. The summed E-state index contributed by atoms with van der Waals surface area (Å²) in [7, 11) is 0. The Morgan fingerprint density at radius 3 is 1.80 bits per heavy atom. The lowest BCUT2D eigenvalue weighted by atomic mass is 9.83. The molecule has 0 fully saturated rings. The van der Waals surface area contributed by atoms with Gasteiger partial charge >= 0.3 is 0 Å². The molecule has 9 rings (SSSR count). The maximum atomic E-state index is 10.0. The molecule has 0 aromatic heterocycles. The molecule has 0 unspecified atom stereocenters. The Balaban J connectivity index is 1.60. The fourth-order valence-electron chi connectivity index (χ4n) is 6.63. The van der Waals surface area contributed by atoms with Crippen LogP contribution in [-0.4, -0.2) is 0 Å². The van der Waals surface area contributed by atoms with Gasteiger partial charge in [0.05, 0.1) is 9.60 Å². The second-order valence-corrected chi connectivity index (χ2v) is 11.1. The van der Waals surface area contributed by atoms with Gasteiger partial charge in [-0.15, -0.1) is 0 Å². The minimum absolute atomic E-state index is 0.0278. The van der Waals surface area contributed by atoms with Crippen LogP contribution in [0.5, 0.6) is 0 Å². The molecular formula is C44H28. The van der Waals surface area contributed by atoms with E-state index in [2.05, 4.69) is 6.07 Å². The van der Waals surface area contributed by atoms with Crippen molar-refractivity contribution in [3.8, 4) is 33.4 Å². The zero-order chi connectivity index (χ0) is 35.1. The zero-order valence-corrected chi connectivity index (χ0v) is 23.6. The monoisotopic (exact) mass is 563 g/mol. The average Bonchev–Trinajstić information content (AvgIpc) is 3.17. The molecule has 0 heteroatoms. The number of hydrogen-bond donors (Lipinski definition) is 0. The van der Waals surface area contributed by atoms with Crippen molar-refractivity contribution in [1.82, 2.24) is 0 Å². The average molecular weight is 564 g/mol. The Hall–Kier alpha value is -5.72. The standard InChI is InChI=1S/C44H28/c1-2-13-30(14-3-1)43-38-20-10-11-21-39(38)44(41-28-34-16-6-7-17-35(34)36-18-8-9-19-37(36)41)42-27-33(24-25-40(42)43)32-23-22-29-12-4-5-15-31(29)26-32/h1-28H/i10D,11D,20D,21D,24D,25D,27D. The second kappa shape index (κ2) is 9.93. The van der Waals surface area contributed by atoms with Crippen LogP contribution in [0.4, 0.5) is 0 Å². The number of hydrogen-bond acceptors (Lipinski definition) is 0. The predicted octanol–water partition coefficient (Wildman–Crippen LogP) is 12.5. The summed E-state index contributed by atoms with van der Waals surface area (Å²) >= 11 is 0. The molecule has 0 saturated carbocycles. The third-order valence-corrected chi connectivity index (χ3v) is 8.64. The summed E-state index contributed by atoms with van der Waals surface area (Å²) in [6.07, 6.45) is 0. The summed E-state index contributed by atoms with van der Waals surface area (Å²) in [6, 6.07) is 39.6. The molecule has 0 nitrogen and oxygen atoms in total. The lowest BCUT2D eigenvalue weighted by Crippen LogP contribution is -1.93. The highest BCUT2D eigenvalue weighted by Gasteiger charge is 2.19. The van der Waals surface area contributed by atoms with Gasteiger partial charge < -0.3 is 0 Å². The Kier molecular flexibility index (Phi) is 4.23. The predicted molar refractivity (Wildman–Crippen MR) is 190 cm³/mol. The molecule has 0 bridgehead atoms. The molecule has 0 aliphatic heterocycles. The van der Waals surface area contributed by atoms with Crippen LogP contribution in [0.15, 0.2) is 170 Å². The highest BCUT2D eigenvalue weighted by Crippen LogP contribution is 2.47. The van der Waals surface area contributed by atoms with Crippen molar-refractivity contribution in [3.05, 3.63) is 170 Å². The minimum Gasteiger partial charge on any atom is -0.0622 e. The smallest absolute Gasteiger partial charge is 0.0622 e. The van der Waals surface area contributed by atoms with E-state index in [1.165, 1.54) is 0 Å². The first-order chi connectivity index (χ1) is 24.8. The maximum absolute atomic E-state index is 10.0. The van der Waals surface area contributed by atoms with Crippen LogP contribution >= 0.6 is 0 Å². The van der Waals surface area contributed by atoms with Crippen molar-refractivity contribution in [2.45, 2.75) is 0 Å². The Morgan fingerprint density at radius 2 is 0.977 bits per heavy atom. The van der Waals surface area contributed by atoms with Crippen molar-refractivity contribution >= 4 is 53.9 Å². The lowest BCUT2D eigenvalue weighted by molar-refractivity contribution is 1.65. The molecule has 0 N–H and O–H groups in total. The van der Waals surface area contributed by atoms with Crippen molar-refractivity contribution in [2.75, 3.05) is 0 Å². The van der Waals surface area contributed by atoms with Gasteiger partial charge in [-0.05, 0) is 105 Å². The number of rotatable bonds is 3. The summed E-state index contributed by atoms with van der Waals surface area (Å²) in [5.74, 6) is 0. The van der Waals surface area contributed by atoms with Crippen LogP contribution in [0.25, 0.3) is 87.2 Å². The third-order valence-electron chi connectivity index (χ3n) is 8.64. The van der Waals surface area contributed by atoms with Gasteiger partial charge in [0.25, 0.3) is 0 Å². The van der Waals surface area contributed by atoms with Crippen LogP contribution in [0, 0.1) is 0 Å². The van der Waals surface area contributed by atoms with Gasteiger partial charge in [-0.3, -0.25) is 0 Å². The fourth-order valence-corrected chi connectivity index (χ4v) is 6.63. The summed E-state index contributed by atoms with van der Waals surface area (Å²) in [5.41, 5.74) is 3.12. The van der Waals surface area contributed by atoms with E-state index in [4.69, 9.17) is 2.74 Å². The molecule has 44 heavy (non-hydrogen) atoms. The van der Waals surface area contributed by atoms with Crippen molar-refractivity contribution in [3.63, 3.8) is 0 Å². The zero-order valence-electron chi connectivity index (χ0n) is 30.6. The van der Waals surface area contributed by atoms with Gasteiger partial charge in [0, 0.05) is 0 Å². The Bertz CT molecular complexity index is 2930. The minimum atomic E-state index is -0.380. The molecule has 9 aromatic carbocycles. The first kappa shape index (κ1) is 18.7. The first-order valence-corrected chi connectivity index (χ1v) is 14.7. The topological polar surface area (TPSA) is 0 Å². The summed E-state index contributed by atoms with van der Waals surface area (Å²) in [5, 5.41) is 6.97. The van der Waals surface area contributed by atoms with E-state index in [1.807, 2.05) is 121 Å². The molecule has 0 heterocycles. The SMILES string of the molecule is [2H]c1c([2H])c([2H])c2c(-c3cc4ccccc4c4ccccc34)c3c([2H])c(-c4ccc5ccccc5c4)c([2H])c([2H])c3c(-c3ccccc3)c2c1[2H]. The normalized spacial score (nSPS) is 13.9. The van der Waals surface area contributed by atoms with Crippen LogP contribution in [0.1, 0.15) is 9.60 Å². The van der Waals surface area contributed by atoms with Crippen LogP contribution in [0.2, 0.25) is 0 Å². The van der Waals surface area contributed by atoms with E-state index < -0.39 is 0 Å². The van der Waals surface area contributed by atoms with E-state index in [0.717, 1.165) is 32.3 Å². The molecule has 204 valence electrons. The summed E-state index contributed by atoms with van der Waals surface area (Å²) < 4.78 is 65.7. The largest absolute Gasteiger partial charge is 0.0636 e. The maximum Gasteiger partial charge on any atom is 0.0636 e. The van der Waals surface area contributed by atoms with E-state index in [-0.39, 0.29) is 53.1 Å². The van der Waals surface area contributed by atoms with Gasteiger partial charge in [0.1, 0.15) is 0 Å². The first-order valence-electron chi connectivity index (χ1n) is 18.2. The Labute approximate surface area is 266 Å². The van der Waals surface area contributed by atoms with Crippen LogP contribution in [-0.2, 0) is 0 Å². The van der Waals surface area contributed by atoms with E-state index in [1.54, 1.807) is 0 Å². The van der Waals surface area contributed by atoms with Gasteiger partial charge in [-0.1, -0.05) is 152 Å². The van der Waals surface area contributed by atoms with E-state index in [0.29, 0.717) is 44.2 Å². The summed E-state index contributed by atoms with van der Waals surface area (Å²) in [6.45, 7) is 0. The molecule has 0 radical (unpaired) electrons. The van der Waals surface area contributed by atoms with Crippen molar-refractivity contribution in [1.29, 1.82) is 0 Å². The van der Waals surface area contributed by atoms with E-state index >= 15 is 0 Å². The number of fused-ring (bicyclic) bond motifs is 6. The molecule has 0 spiro atoms. The van der Waals surface area contributed by atoms with E-state index in [9.17, 15) is 6.85 Å². The highest BCUT2D eigenvalue weighted by atomic mass is 14.2. The van der Waals surface area contributed by atoms with Crippen molar-refractivity contribution < 1.29 is 9.60 Å². The number of benzene rings is 9. The van der Waals surface area contributed by atoms with Gasteiger partial charge in [0.15, 0.2) is 0 Å². The molecule has 0 saturated heterocycles. The van der Waals surface area contributed by atoms with Gasteiger partial charge in [-0.25, -0.2) is 0 Å². The Morgan fingerprint density at radius 1 is 0.341 bits per heavy atom. The molecule has 9 aromatic rings. The van der Waals surface area contributed by atoms with Crippen LogP contribution in [0.3, 0.4) is 0 Å². The van der Waals surface area contributed by atoms with Gasteiger partial charge in [-0.2, -0.15) is 0 Å². The van der Waals surface area contributed by atoms with Crippen molar-refractivity contribution in [2.24, 2.45) is 0 Å². The second-order valence-electron chi connectivity index (χ2n) is 11.1. The lowest BCUT2D eigenvalue weighted by Gasteiger charge is -2.20. The summed E-state index contributed by atoms with van der Waals surface area (Å²) in [4.78, 5) is 0. The van der Waals surface area contributed by atoms with Crippen LogP contribution < -0.4 is 0 Å². The molecule has 0 atom stereocenters.